The van der Waals surface area contributed by atoms with Gasteiger partial charge in [0.2, 0.25) is 0 Å². The van der Waals surface area contributed by atoms with Crippen molar-refractivity contribution in [2.75, 3.05) is 14.2 Å². The first-order valence-electron chi connectivity index (χ1n) is 4.95. The lowest BCUT2D eigenvalue weighted by Gasteiger charge is -2.04. The number of aromatic carboxylic acids is 1. The number of nitrogens with zero attached hydrogens (tertiary/aromatic N) is 2. The summed E-state index contributed by atoms with van der Waals surface area (Å²) in [6.07, 6.45) is 1.73. The van der Waals surface area contributed by atoms with Crippen LogP contribution in [0.15, 0.2) is 18.3 Å². The highest BCUT2D eigenvalue weighted by molar-refractivity contribution is 5.95. The van der Waals surface area contributed by atoms with Gasteiger partial charge in [-0.3, -0.25) is 4.40 Å². The minimum atomic E-state index is -1.09. The quantitative estimate of drug-likeness (QED) is 0.863. The van der Waals surface area contributed by atoms with Gasteiger partial charge in [0.1, 0.15) is 23.7 Å². The van der Waals surface area contributed by atoms with Crippen molar-refractivity contribution in [2.24, 2.45) is 0 Å². The molecule has 0 fully saturated rings. The van der Waals surface area contributed by atoms with Gasteiger partial charge < -0.3 is 14.6 Å². The molecule has 0 saturated heterocycles. The monoisotopic (exact) mass is 236 g/mol. The summed E-state index contributed by atoms with van der Waals surface area (Å²) in [5.74, 6) is -0.0899. The van der Waals surface area contributed by atoms with Gasteiger partial charge in [0, 0.05) is 13.3 Å². The number of hydrogen-bond acceptors (Lipinski definition) is 4. The van der Waals surface area contributed by atoms with E-state index in [1.165, 1.54) is 14.2 Å². The third-order valence-corrected chi connectivity index (χ3v) is 2.40. The Morgan fingerprint density at radius 1 is 1.53 bits per heavy atom. The predicted octanol–water partition coefficient (Wildman–Crippen LogP) is 1.19. The van der Waals surface area contributed by atoms with Crippen molar-refractivity contribution in [3.05, 3.63) is 29.8 Å². The summed E-state index contributed by atoms with van der Waals surface area (Å²) in [5.41, 5.74) is 0.407. The zero-order chi connectivity index (χ0) is 12.4. The molecule has 0 atom stereocenters. The summed E-state index contributed by atoms with van der Waals surface area (Å²) in [6, 6.07) is 3.46. The summed E-state index contributed by atoms with van der Waals surface area (Å²) in [6.45, 7) is 0.238. The predicted molar refractivity (Wildman–Crippen MR) is 59.4 cm³/mol. The Labute approximate surface area is 97.4 Å². The summed E-state index contributed by atoms with van der Waals surface area (Å²) >= 11 is 0. The number of carbonyl (C=O) groups is 1. The molecule has 2 heterocycles. The van der Waals surface area contributed by atoms with E-state index in [1.807, 2.05) is 0 Å². The Bertz CT molecular complexity index is 562. The van der Waals surface area contributed by atoms with Crippen LogP contribution in [-0.4, -0.2) is 34.7 Å². The molecule has 0 amide bonds. The first-order chi connectivity index (χ1) is 8.19. The van der Waals surface area contributed by atoms with Gasteiger partial charge in [0.05, 0.1) is 7.11 Å². The number of pyridine rings is 1. The Morgan fingerprint density at radius 3 is 2.88 bits per heavy atom. The van der Waals surface area contributed by atoms with Crippen LogP contribution in [0.1, 0.15) is 16.3 Å². The lowest BCUT2D eigenvalue weighted by molar-refractivity contribution is 0.0692. The summed E-state index contributed by atoms with van der Waals surface area (Å²) < 4.78 is 11.8. The number of imidazole rings is 1. The normalized spacial score (nSPS) is 10.7. The molecule has 1 N–H and O–H groups in total. The second kappa shape index (κ2) is 4.42. The summed E-state index contributed by atoms with van der Waals surface area (Å²) in [5, 5.41) is 9.11. The molecule has 90 valence electrons. The molecule has 6 nitrogen and oxygen atoms in total. The molecule has 0 bridgehead atoms. The zero-order valence-electron chi connectivity index (χ0n) is 9.51. The molecule has 17 heavy (non-hydrogen) atoms. The van der Waals surface area contributed by atoms with Crippen LogP contribution < -0.4 is 4.74 Å². The number of rotatable bonds is 4. The molecule has 0 aromatic carbocycles. The van der Waals surface area contributed by atoms with Crippen LogP contribution in [0.25, 0.3) is 5.52 Å². The highest BCUT2D eigenvalue weighted by Gasteiger charge is 2.19. The van der Waals surface area contributed by atoms with Crippen LogP contribution in [0.3, 0.4) is 0 Å². The average molecular weight is 236 g/mol. The van der Waals surface area contributed by atoms with Gasteiger partial charge in [-0.2, -0.15) is 0 Å². The van der Waals surface area contributed by atoms with E-state index in [0.29, 0.717) is 17.1 Å². The standard InChI is InChI=1S/C11H12N2O4/c1-16-6-8-12-9(11(14)15)10-7(17-2)4-3-5-13(8)10/h3-5H,6H2,1-2H3,(H,14,15). The van der Waals surface area contributed by atoms with Crippen LogP contribution >= 0.6 is 0 Å². The minimum Gasteiger partial charge on any atom is -0.494 e. The molecular formula is C11H12N2O4. The van der Waals surface area contributed by atoms with Crippen molar-refractivity contribution >= 4 is 11.5 Å². The molecule has 0 unspecified atom stereocenters. The summed E-state index contributed by atoms with van der Waals surface area (Å²) in [4.78, 5) is 15.2. The first-order valence-corrected chi connectivity index (χ1v) is 4.95. The van der Waals surface area contributed by atoms with Gasteiger partial charge in [-0.05, 0) is 12.1 Å². The summed E-state index contributed by atoms with van der Waals surface area (Å²) in [7, 11) is 3.02. The molecule has 2 aromatic rings. The largest absolute Gasteiger partial charge is 0.494 e. The molecule has 0 aliphatic rings. The lowest BCUT2D eigenvalue weighted by Crippen LogP contribution is -1.99. The maximum absolute atomic E-state index is 11.1. The van der Waals surface area contributed by atoms with E-state index in [2.05, 4.69) is 4.98 Å². The molecule has 6 heteroatoms. The fourth-order valence-electron chi connectivity index (χ4n) is 1.72. The first kappa shape index (κ1) is 11.4. The van der Waals surface area contributed by atoms with E-state index in [-0.39, 0.29) is 12.3 Å². The second-order valence-corrected chi connectivity index (χ2v) is 3.41. The number of carboxylic acids is 1. The number of carboxylic acid groups (broad SMARTS) is 1. The smallest absolute Gasteiger partial charge is 0.356 e. The topological polar surface area (TPSA) is 73.1 Å². The van der Waals surface area contributed by atoms with Crippen LogP contribution in [0, 0.1) is 0 Å². The Balaban J connectivity index is 2.76. The SMILES string of the molecule is COCc1nc(C(=O)O)c2c(OC)cccn12. The van der Waals surface area contributed by atoms with Crippen molar-refractivity contribution in [1.29, 1.82) is 0 Å². The van der Waals surface area contributed by atoms with Gasteiger partial charge in [-0.1, -0.05) is 0 Å². The highest BCUT2D eigenvalue weighted by atomic mass is 16.5. The van der Waals surface area contributed by atoms with Crippen LogP contribution in [0.5, 0.6) is 5.75 Å². The third-order valence-electron chi connectivity index (χ3n) is 2.40. The molecule has 0 spiro atoms. The van der Waals surface area contributed by atoms with E-state index < -0.39 is 5.97 Å². The van der Waals surface area contributed by atoms with Crippen LogP contribution in [0.4, 0.5) is 0 Å². The Hall–Kier alpha value is -2.08. The van der Waals surface area contributed by atoms with E-state index >= 15 is 0 Å². The maximum atomic E-state index is 11.1. The third kappa shape index (κ3) is 1.83. The van der Waals surface area contributed by atoms with Gasteiger partial charge in [-0.15, -0.1) is 0 Å². The molecule has 2 rings (SSSR count). The fourth-order valence-corrected chi connectivity index (χ4v) is 1.72. The van der Waals surface area contributed by atoms with Gasteiger partial charge in [0.15, 0.2) is 5.69 Å². The molecule has 2 aromatic heterocycles. The molecule has 0 aliphatic heterocycles. The van der Waals surface area contributed by atoms with Crippen molar-refractivity contribution in [2.45, 2.75) is 6.61 Å². The van der Waals surface area contributed by atoms with Gasteiger partial charge >= 0.3 is 5.97 Å². The number of ether oxygens (including phenoxy) is 2. The van der Waals surface area contributed by atoms with Crippen molar-refractivity contribution in [1.82, 2.24) is 9.38 Å². The van der Waals surface area contributed by atoms with E-state index in [0.717, 1.165) is 0 Å². The molecule has 0 radical (unpaired) electrons. The van der Waals surface area contributed by atoms with Crippen molar-refractivity contribution in [3.63, 3.8) is 0 Å². The number of fused-ring (bicyclic) bond motifs is 1. The minimum absolute atomic E-state index is 0.0329. The van der Waals surface area contributed by atoms with Gasteiger partial charge in [-0.25, -0.2) is 9.78 Å². The van der Waals surface area contributed by atoms with E-state index in [9.17, 15) is 4.79 Å². The van der Waals surface area contributed by atoms with Crippen molar-refractivity contribution in [3.8, 4) is 5.75 Å². The van der Waals surface area contributed by atoms with E-state index in [4.69, 9.17) is 14.6 Å². The average Bonchev–Trinajstić information content (AvgIpc) is 2.69. The maximum Gasteiger partial charge on any atom is 0.356 e. The van der Waals surface area contributed by atoms with Gasteiger partial charge in [0.25, 0.3) is 0 Å². The lowest BCUT2D eigenvalue weighted by atomic mass is 10.3. The number of methoxy groups -OCH3 is 2. The number of aromatic nitrogens is 2. The molecular weight excluding hydrogens is 224 g/mol. The Kier molecular flexibility index (Phi) is 2.97. The molecule has 0 saturated carbocycles. The van der Waals surface area contributed by atoms with Crippen LogP contribution in [-0.2, 0) is 11.3 Å². The zero-order valence-corrected chi connectivity index (χ0v) is 9.51. The molecule has 0 aliphatic carbocycles. The number of hydrogen-bond donors (Lipinski definition) is 1. The highest BCUT2D eigenvalue weighted by Crippen LogP contribution is 2.24. The van der Waals surface area contributed by atoms with E-state index in [1.54, 1.807) is 22.7 Å². The second-order valence-electron chi connectivity index (χ2n) is 3.41. The van der Waals surface area contributed by atoms with Crippen LogP contribution in [0.2, 0.25) is 0 Å². The van der Waals surface area contributed by atoms with Crippen molar-refractivity contribution < 1.29 is 19.4 Å². The fraction of sp³-hybridized carbons (Fsp3) is 0.273. The Morgan fingerprint density at radius 2 is 2.29 bits per heavy atom.